The van der Waals surface area contributed by atoms with Gasteiger partial charge in [-0.1, -0.05) is 248 Å². The topological polar surface area (TPSA) is 179 Å². The van der Waals surface area contributed by atoms with E-state index >= 15 is 14.4 Å². The molecule has 3 amide bonds. The van der Waals surface area contributed by atoms with Crippen LogP contribution in [0.5, 0.6) is 0 Å². The van der Waals surface area contributed by atoms with Crippen LogP contribution in [0.2, 0.25) is 0 Å². The number of hydrogen-bond donors (Lipinski definition) is 2. The van der Waals surface area contributed by atoms with Gasteiger partial charge >= 0.3 is 12.1 Å². The molecule has 2 aliphatic heterocycles. The lowest BCUT2D eigenvalue weighted by Crippen LogP contribution is -2.71. The molecule has 2 N–H and O–H groups in total. The number of thiazole rings is 1. The van der Waals surface area contributed by atoms with E-state index in [2.05, 4.69) is 52.0 Å². The number of oxime groups is 1. The molecule has 2 atom stereocenters. The number of rotatable bonds is 22. The number of esters is 1. The number of carbonyl (C=O) groups excluding carboxylic acids is 4. The van der Waals surface area contributed by atoms with Crippen LogP contribution in [0, 0.1) is 0 Å². The molecule has 0 radical (unpaired) electrons. The summed E-state index contributed by atoms with van der Waals surface area (Å²) in [6.07, 6.45) is 0.224. The van der Waals surface area contributed by atoms with E-state index in [1.807, 2.05) is 206 Å². The van der Waals surface area contributed by atoms with Crippen molar-refractivity contribution in [2.45, 2.75) is 60.1 Å². The molecule has 0 aliphatic carbocycles. The molecule has 2 aliphatic rings. The first-order valence-corrected chi connectivity index (χ1v) is 33.3. The van der Waals surface area contributed by atoms with Crippen LogP contribution in [0.3, 0.4) is 0 Å². The van der Waals surface area contributed by atoms with Crippen molar-refractivity contribution in [2.75, 3.05) is 22.6 Å². The Bertz CT molecular complexity index is 3970. The van der Waals surface area contributed by atoms with E-state index in [-0.39, 0.29) is 22.2 Å². The maximum absolute atomic E-state index is 15.2. The van der Waals surface area contributed by atoms with Gasteiger partial charge in [-0.2, -0.15) is 9.90 Å². The maximum atomic E-state index is 15.2. The molecular formula is C72H62N8O7S4. The molecule has 456 valence electrons. The number of anilines is 1. The number of hydrogen-bond acceptors (Lipinski definition) is 15. The lowest BCUT2D eigenvalue weighted by molar-refractivity contribution is -0.154. The molecule has 15 nitrogen and oxygen atoms in total. The number of fused-ring (bicyclic) bond motifs is 1. The van der Waals surface area contributed by atoms with Gasteiger partial charge in [0.25, 0.3) is 11.8 Å². The number of aromatic nitrogens is 4. The molecule has 4 heterocycles. The summed E-state index contributed by atoms with van der Waals surface area (Å²) < 4.78 is 12.1. The zero-order valence-electron chi connectivity index (χ0n) is 49.8. The molecule has 91 heavy (non-hydrogen) atoms. The van der Waals surface area contributed by atoms with Gasteiger partial charge in [-0.3, -0.25) is 19.8 Å². The van der Waals surface area contributed by atoms with Crippen LogP contribution in [0.25, 0.3) is 0 Å². The van der Waals surface area contributed by atoms with E-state index in [0.29, 0.717) is 43.9 Å². The Morgan fingerprint density at radius 1 is 0.637 bits per heavy atom. The highest BCUT2D eigenvalue weighted by atomic mass is 32.2. The molecule has 2 aromatic heterocycles. The average molecular weight is 1280 g/mol. The van der Waals surface area contributed by atoms with E-state index < -0.39 is 58.1 Å². The van der Waals surface area contributed by atoms with Crippen LogP contribution < -0.4 is 10.6 Å². The van der Waals surface area contributed by atoms with Gasteiger partial charge in [0.05, 0.1) is 6.20 Å². The maximum Gasteiger partial charge on any atom is 0.413 e. The van der Waals surface area contributed by atoms with Crippen molar-refractivity contribution in [2.24, 2.45) is 5.16 Å². The quantitative estimate of drug-likeness (QED) is 0.0125. The summed E-state index contributed by atoms with van der Waals surface area (Å²) in [5, 5.41) is 22.2. The minimum Gasteiger partial charge on any atom is -0.448 e. The van der Waals surface area contributed by atoms with Gasteiger partial charge in [0.1, 0.15) is 33.4 Å². The summed E-state index contributed by atoms with van der Waals surface area (Å²) in [5.74, 6) is -0.615. The molecule has 0 saturated carbocycles. The Balaban J connectivity index is 0.853. The largest absolute Gasteiger partial charge is 0.448 e. The second kappa shape index (κ2) is 27.7. The third-order valence-corrected chi connectivity index (χ3v) is 19.6. The molecule has 1 fully saturated rings. The molecule has 10 aromatic rings. The fourth-order valence-electron chi connectivity index (χ4n) is 11.1. The van der Waals surface area contributed by atoms with Crippen LogP contribution in [-0.4, -0.2) is 88.7 Å². The molecule has 0 spiro atoms. The van der Waals surface area contributed by atoms with Crippen LogP contribution in [0.1, 0.15) is 77.1 Å². The predicted octanol–water partition coefficient (Wildman–Crippen LogP) is 14.1. The average Bonchev–Trinajstić information content (AvgIpc) is 1.53. The van der Waals surface area contributed by atoms with E-state index in [1.54, 1.807) is 37.1 Å². The summed E-state index contributed by atoms with van der Waals surface area (Å²) in [6.45, 7) is 5.24. The fourth-order valence-corrected chi connectivity index (χ4v) is 15.3. The molecular weight excluding hydrogens is 1220 g/mol. The second-order valence-corrected chi connectivity index (χ2v) is 26.5. The lowest BCUT2D eigenvalue weighted by atomic mass is 9.77. The van der Waals surface area contributed by atoms with E-state index in [9.17, 15) is 4.79 Å². The highest BCUT2D eigenvalue weighted by Crippen LogP contribution is 2.46. The summed E-state index contributed by atoms with van der Waals surface area (Å²) >= 11 is 5.47. The minimum absolute atomic E-state index is 0.0515. The molecule has 8 aromatic carbocycles. The molecule has 1 saturated heterocycles. The van der Waals surface area contributed by atoms with Crippen LogP contribution in [0.15, 0.2) is 275 Å². The SMILES string of the molecule is CC(C)(C)OC(=O)Nc1nc(/C(=N/OC(c2ccccc2)(c2ccccc2)c2ccccc2)C(=O)N[C@@H]2C(=O)N3C(C(=O)OC(c4ccccc4)c4ccccc4)=C(SCCSc4cnn(C(c5ccccc5)(c5ccccc5)c5ccccc5)n4)CS[C@H]23)cs1. The summed E-state index contributed by atoms with van der Waals surface area (Å²) in [5.41, 5.74) is 3.39. The Labute approximate surface area is 544 Å². The highest BCUT2D eigenvalue weighted by Gasteiger charge is 2.55. The van der Waals surface area contributed by atoms with Crippen LogP contribution >= 0.6 is 46.6 Å². The fraction of sp³-hybridized carbons (Fsp3) is 0.167. The minimum atomic E-state index is -1.41. The van der Waals surface area contributed by atoms with Crippen LogP contribution in [-0.2, 0) is 39.8 Å². The second-order valence-electron chi connectivity index (χ2n) is 22.2. The van der Waals surface area contributed by atoms with Crippen molar-refractivity contribution in [3.8, 4) is 0 Å². The van der Waals surface area contributed by atoms with Gasteiger partial charge in [-0.15, -0.1) is 51.7 Å². The number of nitrogens with zero attached hydrogens (tertiary/aromatic N) is 6. The van der Waals surface area contributed by atoms with Crippen molar-refractivity contribution in [3.05, 3.63) is 315 Å². The standard InChI is InChI=1S/C72H62N8O7S4/c1-70(2,3)86-69(84)76-68-74-57(47-91-68)60(78-87-72(54-38-22-9-23-39-54,55-40-24-10-25-41-55)56-42-26-11-27-43-56)64(81)75-61-65(82)79-62(67(83)85-63(49-28-12-4-13-29-49)50-30-14-5-15-31-50)58(48-90-66(61)79)88-44-45-89-59-46-73-80(77-59)71(51-32-16-6-17-33-51,52-34-18-7-19-35-52)53-36-20-8-21-37-53/h4-43,46-47,61,63,66H,44-45,48H2,1-3H3,(H,75,81)(H,74,76,84)/b78-60-/t61-,66-/m1/s1. The number of thioether (sulfide) groups is 3. The van der Waals surface area contributed by atoms with E-state index in [0.717, 1.165) is 39.2 Å². The third-order valence-electron chi connectivity index (χ3n) is 15.2. The number of nitrogens with one attached hydrogen (secondary N) is 2. The Morgan fingerprint density at radius 2 is 1.10 bits per heavy atom. The Morgan fingerprint density at radius 3 is 1.58 bits per heavy atom. The summed E-state index contributed by atoms with van der Waals surface area (Å²) in [4.78, 5) is 74.0. The van der Waals surface area contributed by atoms with E-state index in [4.69, 9.17) is 29.7 Å². The lowest BCUT2D eigenvalue weighted by Gasteiger charge is -2.49. The van der Waals surface area contributed by atoms with E-state index in [1.165, 1.54) is 40.2 Å². The number of carbonyl (C=O) groups is 4. The van der Waals surface area contributed by atoms with Gasteiger partial charge in [0, 0.05) is 44.2 Å². The zero-order chi connectivity index (χ0) is 62.8. The van der Waals surface area contributed by atoms with Gasteiger partial charge in [-0.25, -0.2) is 14.6 Å². The number of benzene rings is 8. The Kier molecular flexibility index (Phi) is 18.8. The number of β-lactam (4-membered cyclic amide) rings is 1. The van der Waals surface area contributed by atoms with Crippen molar-refractivity contribution < 1.29 is 33.5 Å². The number of ether oxygens (including phenoxy) is 2. The first-order valence-electron chi connectivity index (χ1n) is 29.4. The summed E-state index contributed by atoms with van der Waals surface area (Å²) in [6, 6.07) is 77.2. The van der Waals surface area contributed by atoms with Gasteiger partial charge in [0.15, 0.2) is 22.5 Å². The van der Waals surface area contributed by atoms with Crippen molar-refractivity contribution >= 4 is 81.3 Å². The van der Waals surface area contributed by atoms with Crippen molar-refractivity contribution in [1.29, 1.82) is 0 Å². The molecule has 12 rings (SSSR count). The zero-order valence-corrected chi connectivity index (χ0v) is 53.0. The van der Waals surface area contributed by atoms with Crippen molar-refractivity contribution in [1.82, 2.24) is 30.2 Å². The first kappa shape index (κ1) is 61.7. The van der Waals surface area contributed by atoms with Crippen LogP contribution in [0.4, 0.5) is 9.93 Å². The van der Waals surface area contributed by atoms with Gasteiger partial charge < -0.3 is 19.6 Å². The number of amides is 3. The van der Waals surface area contributed by atoms with Crippen molar-refractivity contribution in [3.63, 3.8) is 0 Å². The highest BCUT2D eigenvalue weighted by molar-refractivity contribution is 8.07. The predicted molar refractivity (Wildman–Crippen MR) is 359 cm³/mol. The monoisotopic (exact) mass is 1280 g/mol. The third kappa shape index (κ3) is 13.2. The molecule has 0 unspecified atom stereocenters. The molecule has 0 bridgehead atoms. The first-order chi connectivity index (χ1) is 44.4. The smallest absolute Gasteiger partial charge is 0.413 e. The van der Waals surface area contributed by atoms with Gasteiger partial charge in [-0.05, 0) is 48.6 Å². The normalized spacial score (nSPS) is 15.1. The molecule has 19 heteroatoms. The van der Waals surface area contributed by atoms with Gasteiger partial charge in [0.2, 0.25) is 5.60 Å². The Hall–Kier alpha value is -9.53. The summed E-state index contributed by atoms with van der Waals surface area (Å²) in [7, 11) is 0.